The van der Waals surface area contributed by atoms with Crippen LogP contribution < -0.4 is 9.62 Å². The van der Waals surface area contributed by atoms with Gasteiger partial charge in [0.2, 0.25) is 15.9 Å². The van der Waals surface area contributed by atoms with Gasteiger partial charge in [-0.25, -0.2) is 8.42 Å². The standard InChI is InChI=1S/C22H30N2O3S2/c1-16-7-10-20(11-8-16)15-28-13-12-23-22(25)19(4)24(29(5,26)27)21-14-17(2)6-9-18(21)3/h6-11,14,19H,12-13,15H2,1-5H3,(H,23,25)/t19-/m0/s1. The largest absolute Gasteiger partial charge is 0.353 e. The van der Waals surface area contributed by atoms with Gasteiger partial charge < -0.3 is 5.32 Å². The number of nitrogens with one attached hydrogen (secondary N) is 1. The molecule has 0 aromatic heterocycles. The average molecular weight is 435 g/mol. The minimum Gasteiger partial charge on any atom is -0.353 e. The highest BCUT2D eigenvalue weighted by molar-refractivity contribution is 7.98. The van der Waals surface area contributed by atoms with Crippen molar-refractivity contribution in [3.63, 3.8) is 0 Å². The minimum atomic E-state index is -3.61. The maximum Gasteiger partial charge on any atom is 0.243 e. The molecule has 0 unspecified atom stereocenters. The van der Waals surface area contributed by atoms with E-state index in [0.717, 1.165) is 28.9 Å². The summed E-state index contributed by atoms with van der Waals surface area (Å²) in [5, 5.41) is 2.87. The fraction of sp³-hybridized carbons (Fsp3) is 0.409. The first-order valence-corrected chi connectivity index (χ1v) is 12.6. The van der Waals surface area contributed by atoms with Crippen LogP contribution in [-0.2, 0) is 20.6 Å². The molecular formula is C22H30N2O3S2. The Kier molecular flexibility index (Phi) is 8.16. The van der Waals surface area contributed by atoms with Crippen molar-refractivity contribution in [1.82, 2.24) is 5.32 Å². The van der Waals surface area contributed by atoms with Gasteiger partial charge in [0.1, 0.15) is 6.04 Å². The SMILES string of the molecule is Cc1ccc(CSCCNC(=O)[C@H](C)N(c2cc(C)ccc2C)S(C)(=O)=O)cc1. The van der Waals surface area contributed by atoms with Crippen LogP contribution in [0.2, 0.25) is 0 Å². The van der Waals surface area contributed by atoms with Crippen molar-refractivity contribution in [3.8, 4) is 0 Å². The molecule has 0 bridgehead atoms. The smallest absolute Gasteiger partial charge is 0.243 e. The number of sulfonamides is 1. The van der Waals surface area contributed by atoms with E-state index in [4.69, 9.17) is 0 Å². The van der Waals surface area contributed by atoms with E-state index in [1.165, 1.54) is 15.4 Å². The predicted octanol–water partition coefficient (Wildman–Crippen LogP) is 3.82. The fourth-order valence-electron chi connectivity index (χ4n) is 3.01. The number of aryl methyl sites for hydroxylation is 3. The zero-order chi connectivity index (χ0) is 21.6. The second kappa shape index (κ2) is 10.2. The molecule has 0 aliphatic rings. The number of benzene rings is 2. The molecule has 1 amide bonds. The lowest BCUT2D eigenvalue weighted by atomic mass is 10.1. The maximum absolute atomic E-state index is 12.6. The highest BCUT2D eigenvalue weighted by Gasteiger charge is 2.29. The van der Waals surface area contributed by atoms with E-state index in [1.54, 1.807) is 24.8 Å². The van der Waals surface area contributed by atoms with Gasteiger partial charge in [0, 0.05) is 18.1 Å². The number of carbonyl (C=O) groups excluding carboxylic acids is 1. The van der Waals surface area contributed by atoms with E-state index in [-0.39, 0.29) is 5.91 Å². The number of anilines is 1. The Morgan fingerprint density at radius 2 is 1.69 bits per heavy atom. The van der Waals surface area contributed by atoms with Crippen LogP contribution in [0.25, 0.3) is 0 Å². The first-order chi connectivity index (χ1) is 13.6. The second-order valence-electron chi connectivity index (χ2n) is 7.35. The van der Waals surface area contributed by atoms with E-state index >= 15 is 0 Å². The molecule has 2 aromatic rings. The van der Waals surface area contributed by atoms with E-state index < -0.39 is 16.1 Å². The molecule has 0 aliphatic carbocycles. The monoisotopic (exact) mass is 434 g/mol. The van der Waals surface area contributed by atoms with Crippen molar-refractivity contribution >= 4 is 33.4 Å². The summed E-state index contributed by atoms with van der Waals surface area (Å²) in [7, 11) is -3.61. The summed E-state index contributed by atoms with van der Waals surface area (Å²) < 4.78 is 26.1. The number of hydrogen-bond donors (Lipinski definition) is 1. The summed E-state index contributed by atoms with van der Waals surface area (Å²) >= 11 is 1.73. The molecule has 0 radical (unpaired) electrons. The van der Waals surface area contributed by atoms with Crippen molar-refractivity contribution in [2.24, 2.45) is 0 Å². The van der Waals surface area contributed by atoms with Crippen LogP contribution in [0.1, 0.15) is 29.2 Å². The van der Waals surface area contributed by atoms with Gasteiger partial charge in [-0.3, -0.25) is 9.10 Å². The average Bonchev–Trinajstić information content (AvgIpc) is 2.64. The first kappa shape index (κ1) is 23.3. The topological polar surface area (TPSA) is 66.5 Å². The molecule has 29 heavy (non-hydrogen) atoms. The molecule has 2 rings (SSSR count). The lowest BCUT2D eigenvalue weighted by molar-refractivity contribution is -0.121. The molecular weight excluding hydrogens is 404 g/mol. The van der Waals surface area contributed by atoms with Gasteiger partial charge in [0.05, 0.1) is 11.9 Å². The molecule has 7 heteroatoms. The number of nitrogens with zero attached hydrogens (tertiary/aromatic N) is 1. The van der Waals surface area contributed by atoms with Gasteiger partial charge in [-0.2, -0.15) is 11.8 Å². The molecule has 1 atom stereocenters. The predicted molar refractivity (Wildman–Crippen MR) is 123 cm³/mol. The molecule has 0 spiro atoms. The first-order valence-electron chi connectivity index (χ1n) is 9.57. The molecule has 5 nitrogen and oxygen atoms in total. The van der Waals surface area contributed by atoms with Crippen LogP contribution in [0.3, 0.4) is 0 Å². The van der Waals surface area contributed by atoms with Crippen molar-refractivity contribution < 1.29 is 13.2 Å². The molecule has 0 fully saturated rings. The number of hydrogen-bond acceptors (Lipinski definition) is 4. The van der Waals surface area contributed by atoms with Crippen LogP contribution >= 0.6 is 11.8 Å². The van der Waals surface area contributed by atoms with Crippen LogP contribution in [0.4, 0.5) is 5.69 Å². The molecule has 0 heterocycles. The minimum absolute atomic E-state index is 0.299. The molecule has 0 aliphatic heterocycles. The molecule has 0 saturated heterocycles. The molecule has 1 N–H and O–H groups in total. The van der Waals surface area contributed by atoms with Gasteiger partial charge in [0.25, 0.3) is 0 Å². The Morgan fingerprint density at radius 1 is 1.07 bits per heavy atom. The summed E-state index contributed by atoms with van der Waals surface area (Å²) in [5.74, 6) is 1.34. The zero-order valence-electron chi connectivity index (χ0n) is 17.7. The van der Waals surface area contributed by atoms with Crippen molar-refractivity contribution in [1.29, 1.82) is 0 Å². The zero-order valence-corrected chi connectivity index (χ0v) is 19.4. The fourth-order valence-corrected chi connectivity index (χ4v) is 5.05. The normalized spacial score (nSPS) is 12.4. The van der Waals surface area contributed by atoms with E-state index in [0.29, 0.717) is 12.2 Å². The number of rotatable bonds is 9. The van der Waals surface area contributed by atoms with Gasteiger partial charge in [-0.1, -0.05) is 42.0 Å². The van der Waals surface area contributed by atoms with Crippen LogP contribution in [0.5, 0.6) is 0 Å². The molecule has 2 aromatic carbocycles. The van der Waals surface area contributed by atoms with Gasteiger partial charge >= 0.3 is 0 Å². The Morgan fingerprint density at radius 3 is 2.31 bits per heavy atom. The van der Waals surface area contributed by atoms with Gasteiger partial charge in [-0.05, 0) is 50.5 Å². The number of thioether (sulfide) groups is 1. The van der Waals surface area contributed by atoms with Crippen LogP contribution in [0.15, 0.2) is 42.5 Å². The van der Waals surface area contributed by atoms with Gasteiger partial charge in [0.15, 0.2) is 0 Å². The Labute approximate surface area is 178 Å². The Bertz CT molecular complexity index is 941. The number of carbonyl (C=O) groups is 1. The van der Waals surface area contributed by atoms with Crippen molar-refractivity contribution in [3.05, 3.63) is 64.7 Å². The second-order valence-corrected chi connectivity index (χ2v) is 10.3. The highest BCUT2D eigenvalue weighted by atomic mass is 32.2. The molecule has 0 saturated carbocycles. The van der Waals surface area contributed by atoms with E-state index in [2.05, 4.69) is 36.5 Å². The van der Waals surface area contributed by atoms with E-state index in [9.17, 15) is 13.2 Å². The quantitative estimate of drug-likeness (QED) is 0.610. The van der Waals surface area contributed by atoms with E-state index in [1.807, 2.05) is 26.0 Å². The summed E-state index contributed by atoms with van der Waals surface area (Å²) in [6.07, 6.45) is 1.13. The van der Waals surface area contributed by atoms with Crippen LogP contribution in [-0.4, -0.2) is 38.9 Å². The number of amides is 1. The lowest BCUT2D eigenvalue weighted by Crippen LogP contribution is -2.48. The summed E-state index contributed by atoms with van der Waals surface area (Å²) in [6.45, 7) is 7.92. The third-order valence-corrected chi connectivity index (χ3v) is 6.88. The highest BCUT2D eigenvalue weighted by Crippen LogP contribution is 2.26. The summed E-state index contributed by atoms with van der Waals surface area (Å²) in [5.41, 5.74) is 4.79. The lowest BCUT2D eigenvalue weighted by Gasteiger charge is -2.29. The summed E-state index contributed by atoms with van der Waals surface area (Å²) in [6, 6.07) is 13.2. The summed E-state index contributed by atoms with van der Waals surface area (Å²) in [4.78, 5) is 12.6. The maximum atomic E-state index is 12.6. The van der Waals surface area contributed by atoms with Crippen molar-refractivity contribution in [2.45, 2.75) is 39.5 Å². The third kappa shape index (κ3) is 6.78. The Balaban J connectivity index is 1.95. The Hall–Kier alpha value is -1.99. The van der Waals surface area contributed by atoms with Crippen molar-refractivity contribution in [2.75, 3.05) is 22.9 Å². The molecule has 158 valence electrons. The third-order valence-electron chi connectivity index (χ3n) is 4.63. The van der Waals surface area contributed by atoms with Crippen LogP contribution in [0, 0.1) is 20.8 Å². The van der Waals surface area contributed by atoms with Gasteiger partial charge in [-0.15, -0.1) is 0 Å².